The smallest absolute Gasteiger partial charge is 0.253 e. The minimum atomic E-state index is -0.0156. The lowest BCUT2D eigenvalue weighted by Gasteiger charge is -2.24. The van der Waals surface area contributed by atoms with Crippen LogP contribution in [0.25, 0.3) is 0 Å². The highest BCUT2D eigenvalue weighted by atomic mass is 35.5. The van der Waals surface area contributed by atoms with Crippen LogP contribution in [0.1, 0.15) is 50.9 Å². The second-order valence-corrected chi connectivity index (χ2v) is 6.73. The fourth-order valence-electron chi connectivity index (χ4n) is 1.97. The van der Waals surface area contributed by atoms with Crippen LogP contribution >= 0.6 is 11.6 Å². The maximum atomic E-state index is 12.6. The first kappa shape index (κ1) is 17.8. The van der Waals surface area contributed by atoms with Crippen molar-refractivity contribution in [2.45, 2.75) is 40.5 Å². The number of aromatic hydroxyl groups is 1. The van der Waals surface area contributed by atoms with Crippen molar-refractivity contribution in [3.63, 3.8) is 0 Å². The summed E-state index contributed by atoms with van der Waals surface area (Å²) in [5.41, 5.74) is 0.533. The number of halogens is 1. The van der Waals surface area contributed by atoms with Gasteiger partial charge in [0.1, 0.15) is 5.75 Å². The zero-order valence-electron chi connectivity index (χ0n) is 13.4. The molecule has 0 spiro atoms. The van der Waals surface area contributed by atoms with Gasteiger partial charge in [0, 0.05) is 18.7 Å². The number of carbonyl (C=O) groups excluding carboxylic acids is 1. The molecule has 4 heteroatoms. The van der Waals surface area contributed by atoms with Crippen molar-refractivity contribution in [1.82, 2.24) is 4.90 Å². The minimum Gasteiger partial charge on any atom is -0.506 e. The monoisotopic (exact) mass is 311 g/mol. The van der Waals surface area contributed by atoms with Crippen LogP contribution in [-0.4, -0.2) is 29.0 Å². The third kappa shape index (κ3) is 5.96. The van der Waals surface area contributed by atoms with Crippen LogP contribution in [0.3, 0.4) is 0 Å². The molecule has 0 saturated carbocycles. The van der Waals surface area contributed by atoms with E-state index in [0.29, 0.717) is 17.4 Å². The highest BCUT2D eigenvalue weighted by molar-refractivity contribution is 6.32. The quantitative estimate of drug-likeness (QED) is 0.800. The summed E-state index contributed by atoms with van der Waals surface area (Å²) in [4.78, 5) is 14.5. The molecule has 0 saturated heterocycles. The van der Waals surface area contributed by atoms with Crippen molar-refractivity contribution in [1.29, 1.82) is 0 Å². The topological polar surface area (TPSA) is 40.5 Å². The van der Waals surface area contributed by atoms with E-state index in [1.165, 1.54) is 12.1 Å². The van der Waals surface area contributed by atoms with Gasteiger partial charge in [0.15, 0.2) is 0 Å². The number of rotatable bonds is 7. The van der Waals surface area contributed by atoms with E-state index in [1.54, 1.807) is 6.07 Å². The minimum absolute atomic E-state index is 0.00382. The Hall–Kier alpha value is -1.22. The molecule has 1 aromatic carbocycles. The molecule has 0 heterocycles. The van der Waals surface area contributed by atoms with Crippen molar-refractivity contribution in [2.75, 3.05) is 13.1 Å². The molecule has 0 radical (unpaired) electrons. The molecule has 1 aromatic rings. The number of nitrogens with zero attached hydrogens (tertiary/aromatic N) is 1. The van der Waals surface area contributed by atoms with Gasteiger partial charge in [-0.1, -0.05) is 39.3 Å². The summed E-state index contributed by atoms with van der Waals surface area (Å²) >= 11 is 5.90. The first-order chi connectivity index (χ1) is 9.81. The van der Waals surface area contributed by atoms with Crippen LogP contribution in [0.2, 0.25) is 5.02 Å². The molecule has 1 amide bonds. The average molecular weight is 312 g/mol. The second kappa shape index (κ2) is 8.28. The predicted molar refractivity (Wildman–Crippen MR) is 87.9 cm³/mol. The molecule has 0 fully saturated rings. The number of benzene rings is 1. The number of phenols is 1. The van der Waals surface area contributed by atoms with Crippen LogP contribution in [0.5, 0.6) is 5.75 Å². The van der Waals surface area contributed by atoms with Gasteiger partial charge < -0.3 is 10.0 Å². The van der Waals surface area contributed by atoms with Gasteiger partial charge in [-0.3, -0.25) is 4.79 Å². The third-order valence-electron chi connectivity index (χ3n) is 3.43. The normalized spacial score (nSPS) is 11.2. The highest BCUT2D eigenvalue weighted by Crippen LogP contribution is 2.24. The Morgan fingerprint density at radius 2 is 1.67 bits per heavy atom. The van der Waals surface area contributed by atoms with Gasteiger partial charge >= 0.3 is 0 Å². The van der Waals surface area contributed by atoms with Crippen molar-refractivity contribution < 1.29 is 9.90 Å². The van der Waals surface area contributed by atoms with E-state index in [1.807, 2.05) is 4.90 Å². The van der Waals surface area contributed by atoms with Crippen LogP contribution < -0.4 is 0 Å². The molecule has 0 aliphatic rings. The van der Waals surface area contributed by atoms with Gasteiger partial charge in [-0.15, -0.1) is 0 Å². The van der Waals surface area contributed by atoms with Gasteiger partial charge in [-0.05, 0) is 42.9 Å². The van der Waals surface area contributed by atoms with Crippen molar-refractivity contribution in [3.8, 4) is 5.75 Å². The first-order valence-corrected chi connectivity index (χ1v) is 7.96. The van der Waals surface area contributed by atoms with E-state index in [9.17, 15) is 9.90 Å². The Morgan fingerprint density at radius 3 is 2.10 bits per heavy atom. The molecular weight excluding hydrogens is 286 g/mol. The Kier molecular flexibility index (Phi) is 7.03. The molecule has 0 aliphatic heterocycles. The Balaban J connectivity index is 2.83. The maximum Gasteiger partial charge on any atom is 0.253 e. The lowest BCUT2D eigenvalue weighted by molar-refractivity contribution is 0.0741. The van der Waals surface area contributed by atoms with Gasteiger partial charge in [0.2, 0.25) is 0 Å². The van der Waals surface area contributed by atoms with E-state index in [0.717, 1.165) is 25.9 Å². The van der Waals surface area contributed by atoms with Gasteiger partial charge in [-0.2, -0.15) is 0 Å². The summed E-state index contributed by atoms with van der Waals surface area (Å²) in [5.74, 6) is 1.10. The van der Waals surface area contributed by atoms with E-state index < -0.39 is 0 Å². The summed E-state index contributed by atoms with van der Waals surface area (Å²) in [5, 5.41) is 9.68. The fraction of sp³-hybridized carbons (Fsp3) is 0.588. The highest BCUT2D eigenvalue weighted by Gasteiger charge is 2.17. The van der Waals surface area contributed by atoms with Crippen molar-refractivity contribution in [2.24, 2.45) is 11.8 Å². The fourth-order valence-corrected chi connectivity index (χ4v) is 2.15. The predicted octanol–water partition coefficient (Wildman–Crippen LogP) is 4.58. The number of amides is 1. The molecule has 0 unspecified atom stereocenters. The summed E-state index contributed by atoms with van der Waals surface area (Å²) in [6.45, 7) is 10.1. The first-order valence-electron chi connectivity index (χ1n) is 7.59. The van der Waals surface area contributed by atoms with E-state index in [2.05, 4.69) is 27.7 Å². The standard InChI is InChI=1S/C17H26ClNO2/c1-12(2)7-9-19(10-8-13(3)4)17(21)14-5-6-16(20)15(18)11-14/h5-6,11-13,20H,7-10H2,1-4H3. The SMILES string of the molecule is CC(C)CCN(CCC(C)C)C(=O)c1ccc(O)c(Cl)c1. The zero-order chi connectivity index (χ0) is 16.0. The summed E-state index contributed by atoms with van der Waals surface area (Å²) in [6, 6.07) is 4.64. The van der Waals surface area contributed by atoms with Gasteiger partial charge in [0.05, 0.1) is 5.02 Å². The van der Waals surface area contributed by atoms with E-state index >= 15 is 0 Å². The van der Waals surface area contributed by atoms with Gasteiger partial charge in [-0.25, -0.2) is 0 Å². The molecule has 118 valence electrons. The summed E-state index contributed by atoms with van der Waals surface area (Å²) in [7, 11) is 0. The Morgan fingerprint density at radius 1 is 1.14 bits per heavy atom. The number of carbonyl (C=O) groups is 1. The largest absolute Gasteiger partial charge is 0.506 e. The third-order valence-corrected chi connectivity index (χ3v) is 3.74. The summed E-state index contributed by atoms with van der Waals surface area (Å²) in [6.07, 6.45) is 1.96. The average Bonchev–Trinajstić information content (AvgIpc) is 2.40. The Bertz CT molecular complexity index is 460. The molecule has 21 heavy (non-hydrogen) atoms. The van der Waals surface area contributed by atoms with E-state index in [-0.39, 0.29) is 16.7 Å². The lowest BCUT2D eigenvalue weighted by Crippen LogP contribution is -2.34. The van der Waals surface area contributed by atoms with Crippen molar-refractivity contribution in [3.05, 3.63) is 28.8 Å². The molecule has 0 aliphatic carbocycles. The molecule has 3 nitrogen and oxygen atoms in total. The maximum absolute atomic E-state index is 12.6. The molecule has 1 rings (SSSR count). The van der Waals surface area contributed by atoms with Crippen LogP contribution in [-0.2, 0) is 0 Å². The van der Waals surface area contributed by atoms with Crippen LogP contribution in [0.4, 0.5) is 0 Å². The number of hydrogen-bond acceptors (Lipinski definition) is 2. The molecular formula is C17H26ClNO2. The van der Waals surface area contributed by atoms with E-state index in [4.69, 9.17) is 11.6 Å². The zero-order valence-corrected chi connectivity index (χ0v) is 14.2. The Labute approximate surface area is 132 Å². The van der Waals surface area contributed by atoms with Crippen LogP contribution in [0.15, 0.2) is 18.2 Å². The number of phenolic OH excluding ortho intramolecular Hbond substituents is 1. The van der Waals surface area contributed by atoms with Crippen molar-refractivity contribution >= 4 is 17.5 Å². The molecule has 0 aromatic heterocycles. The summed E-state index contributed by atoms with van der Waals surface area (Å²) < 4.78 is 0. The lowest BCUT2D eigenvalue weighted by atomic mass is 10.1. The molecule has 1 N–H and O–H groups in total. The second-order valence-electron chi connectivity index (χ2n) is 6.32. The van der Waals surface area contributed by atoms with Crippen LogP contribution in [0, 0.1) is 11.8 Å². The molecule has 0 bridgehead atoms. The number of hydrogen-bond donors (Lipinski definition) is 1. The van der Waals surface area contributed by atoms with Gasteiger partial charge in [0.25, 0.3) is 5.91 Å². The molecule has 0 atom stereocenters.